The quantitative estimate of drug-likeness (QED) is 0.793. The molecule has 1 N–H and O–H groups in total. The highest BCUT2D eigenvalue weighted by atomic mass is 35.5. The first-order valence-electron chi connectivity index (χ1n) is 4.24. The smallest absolute Gasteiger partial charge is 0.144 e. The van der Waals surface area contributed by atoms with Gasteiger partial charge in [-0.2, -0.15) is 0 Å². The number of likely N-dealkylation sites (N-methyl/N-ethyl adjacent to an activating group) is 1. The van der Waals surface area contributed by atoms with Crippen LogP contribution in [0.3, 0.4) is 0 Å². The molecule has 0 heterocycles. The lowest BCUT2D eigenvalue weighted by atomic mass is 10.1. The lowest BCUT2D eigenvalue weighted by Crippen LogP contribution is -2.10. The number of hydrogen-bond acceptors (Lipinski definition) is 1. The Morgan fingerprint density at radius 2 is 2.15 bits per heavy atom. The van der Waals surface area contributed by atoms with Gasteiger partial charge >= 0.3 is 0 Å². The molecule has 1 nitrogen and oxygen atoms in total. The molecule has 0 aromatic heterocycles. The zero-order valence-electron chi connectivity index (χ0n) is 7.82. The molecule has 0 radical (unpaired) electrons. The van der Waals surface area contributed by atoms with Gasteiger partial charge in [-0.05, 0) is 44.1 Å². The largest absolute Gasteiger partial charge is 0.319 e. The first-order valence-corrected chi connectivity index (χ1v) is 4.62. The minimum absolute atomic E-state index is 0.214. The van der Waals surface area contributed by atoms with E-state index >= 15 is 0 Å². The van der Waals surface area contributed by atoms with E-state index in [1.54, 1.807) is 13.0 Å². The van der Waals surface area contributed by atoms with E-state index in [4.69, 9.17) is 11.6 Å². The Labute approximate surface area is 82.9 Å². The van der Waals surface area contributed by atoms with E-state index in [9.17, 15) is 4.39 Å². The van der Waals surface area contributed by atoms with Crippen molar-refractivity contribution in [3.63, 3.8) is 0 Å². The summed E-state index contributed by atoms with van der Waals surface area (Å²) in [7, 11) is 1.89. The zero-order valence-corrected chi connectivity index (χ0v) is 8.58. The van der Waals surface area contributed by atoms with Crippen molar-refractivity contribution >= 4 is 11.6 Å². The van der Waals surface area contributed by atoms with Gasteiger partial charge in [-0.15, -0.1) is 0 Å². The van der Waals surface area contributed by atoms with Crippen molar-refractivity contribution in [1.82, 2.24) is 5.32 Å². The lowest BCUT2D eigenvalue weighted by Gasteiger charge is -2.04. The number of halogens is 2. The second kappa shape index (κ2) is 4.58. The summed E-state index contributed by atoms with van der Waals surface area (Å²) in [6, 6.07) is 3.51. The summed E-state index contributed by atoms with van der Waals surface area (Å²) in [5, 5.41) is 3.25. The SMILES string of the molecule is CNCCc1cc(C)c(F)c(Cl)c1. The molecule has 0 fully saturated rings. The third-order valence-electron chi connectivity index (χ3n) is 1.93. The normalized spacial score (nSPS) is 10.5. The average molecular weight is 202 g/mol. The Balaban J connectivity index is 2.86. The summed E-state index contributed by atoms with van der Waals surface area (Å²) in [5.41, 5.74) is 1.68. The standard InChI is InChI=1S/C10H13ClFN/c1-7-5-8(3-4-13-2)6-9(11)10(7)12/h5-6,13H,3-4H2,1-2H3. The Hall–Kier alpha value is -0.600. The van der Waals surface area contributed by atoms with Gasteiger partial charge in [0.25, 0.3) is 0 Å². The molecule has 0 aliphatic carbocycles. The van der Waals surface area contributed by atoms with Gasteiger partial charge in [0.15, 0.2) is 0 Å². The molecule has 72 valence electrons. The van der Waals surface area contributed by atoms with Crippen molar-refractivity contribution in [2.45, 2.75) is 13.3 Å². The molecule has 0 bridgehead atoms. The summed E-state index contributed by atoms with van der Waals surface area (Å²) in [5.74, 6) is -0.310. The predicted octanol–water partition coefficient (Wildman–Crippen LogP) is 2.55. The fourth-order valence-electron chi connectivity index (χ4n) is 1.21. The van der Waals surface area contributed by atoms with Crippen LogP contribution in [0.4, 0.5) is 4.39 Å². The molecule has 0 spiro atoms. The van der Waals surface area contributed by atoms with Gasteiger partial charge in [-0.3, -0.25) is 0 Å². The second-order valence-corrected chi connectivity index (χ2v) is 3.47. The summed E-state index contributed by atoms with van der Waals surface area (Å²) in [6.07, 6.45) is 0.872. The fraction of sp³-hybridized carbons (Fsp3) is 0.400. The average Bonchev–Trinajstić information content (AvgIpc) is 2.10. The van der Waals surface area contributed by atoms with Crippen molar-refractivity contribution in [2.24, 2.45) is 0 Å². The molecule has 0 aliphatic rings. The third-order valence-corrected chi connectivity index (χ3v) is 2.21. The van der Waals surface area contributed by atoms with Gasteiger partial charge in [0.2, 0.25) is 0 Å². The van der Waals surface area contributed by atoms with Gasteiger partial charge in [0.1, 0.15) is 5.82 Å². The Bertz CT molecular complexity index is 276. The van der Waals surface area contributed by atoms with Crippen LogP contribution in [-0.2, 0) is 6.42 Å². The number of rotatable bonds is 3. The molecule has 1 aromatic rings. The van der Waals surface area contributed by atoms with Gasteiger partial charge in [0, 0.05) is 0 Å². The van der Waals surface area contributed by atoms with Gasteiger partial charge in [-0.1, -0.05) is 17.7 Å². The van der Waals surface area contributed by atoms with Gasteiger partial charge in [-0.25, -0.2) is 4.39 Å². The van der Waals surface area contributed by atoms with Crippen LogP contribution in [0.15, 0.2) is 12.1 Å². The van der Waals surface area contributed by atoms with Crippen molar-refractivity contribution in [3.05, 3.63) is 34.1 Å². The second-order valence-electron chi connectivity index (χ2n) is 3.06. The minimum Gasteiger partial charge on any atom is -0.319 e. The highest BCUT2D eigenvalue weighted by Crippen LogP contribution is 2.20. The van der Waals surface area contributed by atoms with Crippen LogP contribution < -0.4 is 5.32 Å². The van der Waals surface area contributed by atoms with E-state index in [1.807, 2.05) is 13.1 Å². The minimum atomic E-state index is -0.310. The molecule has 1 aromatic carbocycles. The van der Waals surface area contributed by atoms with Crippen molar-refractivity contribution in [1.29, 1.82) is 0 Å². The van der Waals surface area contributed by atoms with Gasteiger partial charge < -0.3 is 5.32 Å². The fourth-order valence-corrected chi connectivity index (χ4v) is 1.50. The number of aryl methyl sites for hydroxylation is 1. The van der Waals surface area contributed by atoms with Crippen LogP contribution in [0.1, 0.15) is 11.1 Å². The molecular weight excluding hydrogens is 189 g/mol. The maximum atomic E-state index is 13.1. The van der Waals surface area contributed by atoms with E-state index < -0.39 is 0 Å². The van der Waals surface area contributed by atoms with Crippen LogP contribution in [0.2, 0.25) is 5.02 Å². The number of nitrogens with one attached hydrogen (secondary N) is 1. The third kappa shape index (κ3) is 2.68. The van der Waals surface area contributed by atoms with E-state index in [1.165, 1.54) is 0 Å². The topological polar surface area (TPSA) is 12.0 Å². The Morgan fingerprint density at radius 1 is 1.46 bits per heavy atom. The lowest BCUT2D eigenvalue weighted by molar-refractivity contribution is 0.617. The Kier molecular flexibility index (Phi) is 3.70. The van der Waals surface area contributed by atoms with E-state index in [0.29, 0.717) is 5.56 Å². The highest BCUT2D eigenvalue weighted by Gasteiger charge is 2.04. The Morgan fingerprint density at radius 3 is 2.69 bits per heavy atom. The van der Waals surface area contributed by atoms with Gasteiger partial charge in [0.05, 0.1) is 5.02 Å². The highest BCUT2D eigenvalue weighted by molar-refractivity contribution is 6.30. The van der Waals surface area contributed by atoms with Crippen LogP contribution in [0, 0.1) is 12.7 Å². The summed E-state index contributed by atoms with van der Waals surface area (Å²) in [6.45, 7) is 2.60. The van der Waals surface area contributed by atoms with Crippen LogP contribution in [0.5, 0.6) is 0 Å². The summed E-state index contributed by atoms with van der Waals surface area (Å²) in [4.78, 5) is 0. The maximum absolute atomic E-state index is 13.1. The summed E-state index contributed by atoms with van der Waals surface area (Å²) < 4.78 is 13.1. The van der Waals surface area contributed by atoms with E-state index in [0.717, 1.165) is 18.5 Å². The monoisotopic (exact) mass is 201 g/mol. The zero-order chi connectivity index (χ0) is 9.84. The van der Waals surface area contributed by atoms with E-state index in [-0.39, 0.29) is 10.8 Å². The predicted molar refractivity (Wildman–Crippen MR) is 53.8 cm³/mol. The molecule has 3 heteroatoms. The van der Waals surface area contributed by atoms with E-state index in [2.05, 4.69) is 5.32 Å². The van der Waals surface area contributed by atoms with Crippen LogP contribution >= 0.6 is 11.6 Å². The van der Waals surface area contributed by atoms with Crippen LogP contribution in [0.25, 0.3) is 0 Å². The summed E-state index contributed by atoms with van der Waals surface area (Å²) >= 11 is 5.70. The molecule has 0 saturated carbocycles. The molecule has 1 rings (SSSR count). The molecule has 0 aliphatic heterocycles. The van der Waals surface area contributed by atoms with Crippen LogP contribution in [-0.4, -0.2) is 13.6 Å². The molecular formula is C10H13ClFN. The number of hydrogen-bond donors (Lipinski definition) is 1. The maximum Gasteiger partial charge on any atom is 0.144 e. The molecule has 0 saturated heterocycles. The van der Waals surface area contributed by atoms with Crippen molar-refractivity contribution in [3.8, 4) is 0 Å². The first-order chi connectivity index (χ1) is 6.15. The molecule has 0 atom stereocenters. The first kappa shape index (κ1) is 10.5. The van der Waals surface area contributed by atoms with Crippen molar-refractivity contribution in [2.75, 3.05) is 13.6 Å². The van der Waals surface area contributed by atoms with Crippen molar-refractivity contribution < 1.29 is 4.39 Å². The molecule has 0 unspecified atom stereocenters. The molecule has 13 heavy (non-hydrogen) atoms. The molecule has 0 amide bonds. The number of benzene rings is 1.